The van der Waals surface area contributed by atoms with Gasteiger partial charge in [-0.2, -0.15) is 0 Å². The number of nitrogens with zero attached hydrogens (tertiary/aromatic N) is 4. The molecule has 34 heavy (non-hydrogen) atoms. The van der Waals surface area contributed by atoms with E-state index in [0.29, 0.717) is 34.0 Å². The maximum Gasteiger partial charge on any atom is 0.196 e. The van der Waals surface area contributed by atoms with Crippen LogP contribution in [-0.2, 0) is 0 Å². The van der Waals surface area contributed by atoms with Crippen molar-refractivity contribution in [3.05, 3.63) is 78.1 Å². The number of aromatic nitrogens is 4. The molecule has 0 amide bonds. The first-order chi connectivity index (χ1) is 16.5. The minimum Gasteiger partial charge on any atom is -0.497 e. The summed E-state index contributed by atoms with van der Waals surface area (Å²) in [5, 5.41) is 9.55. The number of para-hydroxylation sites is 1. The van der Waals surface area contributed by atoms with Crippen LogP contribution < -0.4 is 9.47 Å². The van der Waals surface area contributed by atoms with E-state index in [4.69, 9.17) is 9.47 Å². The fourth-order valence-corrected chi connectivity index (χ4v) is 4.51. The summed E-state index contributed by atoms with van der Waals surface area (Å²) >= 11 is 1.34. The molecule has 0 unspecified atom stereocenters. The number of benzene rings is 2. The standard InChI is InChI=1S/C26H26N4O3S/c1-17(2)20-9-5-6-10-22(20)30-25(18-8-7-13-27-15-18)28-29-26(30)34-16-23(31)21-14-19(32-3)11-12-24(21)33-4/h5-15,17H,16H2,1-4H3. The Balaban J connectivity index is 1.73. The lowest BCUT2D eigenvalue weighted by atomic mass is 10.0. The fraction of sp³-hybridized carbons (Fsp3) is 0.231. The molecule has 0 N–H and O–H groups in total. The molecular weight excluding hydrogens is 448 g/mol. The van der Waals surface area contributed by atoms with Crippen molar-refractivity contribution in [2.75, 3.05) is 20.0 Å². The Morgan fingerprint density at radius 3 is 2.56 bits per heavy atom. The average Bonchev–Trinajstić information content (AvgIpc) is 3.31. The highest BCUT2D eigenvalue weighted by Gasteiger charge is 2.21. The number of carbonyl (C=O) groups excluding carboxylic acids is 1. The third kappa shape index (κ3) is 4.82. The molecule has 174 valence electrons. The number of thioether (sulfide) groups is 1. The number of rotatable bonds is 9. The van der Waals surface area contributed by atoms with Gasteiger partial charge in [0.05, 0.1) is 31.2 Å². The van der Waals surface area contributed by atoms with Crippen molar-refractivity contribution in [2.24, 2.45) is 0 Å². The summed E-state index contributed by atoms with van der Waals surface area (Å²) in [6.07, 6.45) is 3.49. The van der Waals surface area contributed by atoms with E-state index in [1.54, 1.807) is 44.8 Å². The van der Waals surface area contributed by atoms with E-state index in [2.05, 4.69) is 41.2 Å². The molecule has 2 aromatic carbocycles. The molecular formula is C26H26N4O3S. The highest BCUT2D eigenvalue weighted by Crippen LogP contribution is 2.33. The van der Waals surface area contributed by atoms with Crippen molar-refractivity contribution in [3.63, 3.8) is 0 Å². The predicted molar refractivity (Wildman–Crippen MR) is 133 cm³/mol. The minimum absolute atomic E-state index is 0.0876. The number of ether oxygens (including phenoxy) is 2. The molecule has 0 bridgehead atoms. The van der Waals surface area contributed by atoms with E-state index in [0.717, 1.165) is 16.8 Å². The second-order valence-corrected chi connectivity index (χ2v) is 8.82. The minimum atomic E-state index is -0.0876. The lowest BCUT2D eigenvalue weighted by Crippen LogP contribution is -2.08. The second kappa shape index (κ2) is 10.5. The van der Waals surface area contributed by atoms with Gasteiger partial charge in [0.1, 0.15) is 11.5 Å². The summed E-state index contributed by atoms with van der Waals surface area (Å²) in [6, 6.07) is 17.2. The SMILES string of the molecule is COc1ccc(OC)c(C(=O)CSc2nnc(-c3cccnc3)n2-c2ccccc2C(C)C)c1. The van der Waals surface area contributed by atoms with Crippen LogP contribution in [0.4, 0.5) is 0 Å². The van der Waals surface area contributed by atoms with Crippen molar-refractivity contribution in [2.45, 2.75) is 24.9 Å². The number of pyridine rings is 1. The van der Waals surface area contributed by atoms with Gasteiger partial charge in [0, 0.05) is 18.0 Å². The van der Waals surface area contributed by atoms with Crippen molar-refractivity contribution < 1.29 is 14.3 Å². The topological polar surface area (TPSA) is 79.1 Å². The summed E-state index contributed by atoms with van der Waals surface area (Å²) < 4.78 is 12.7. The van der Waals surface area contributed by atoms with E-state index in [1.165, 1.54) is 11.8 Å². The zero-order valence-corrected chi connectivity index (χ0v) is 20.4. The Bertz CT molecular complexity index is 1290. The first-order valence-corrected chi connectivity index (χ1v) is 11.8. The molecule has 0 saturated carbocycles. The normalized spacial score (nSPS) is 11.0. The van der Waals surface area contributed by atoms with E-state index < -0.39 is 0 Å². The Morgan fingerprint density at radius 2 is 1.85 bits per heavy atom. The Labute approximate surface area is 203 Å². The predicted octanol–water partition coefficient (Wildman–Crippen LogP) is 5.44. The smallest absolute Gasteiger partial charge is 0.196 e. The Morgan fingerprint density at radius 1 is 1.03 bits per heavy atom. The molecule has 0 aliphatic rings. The van der Waals surface area contributed by atoms with Crippen LogP contribution >= 0.6 is 11.8 Å². The van der Waals surface area contributed by atoms with Gasteiger partial charge in [0.15, 0.2) is 16.8 Å². The van der Waals surface area contributed by atoms with Crippen LogP contribution in [0, 0.1) is 0 Å². The van der Waals surface area contributed by atoms with Crippen molar-refractivity contribution >= 4 is 17.5 Å². The number of hydrogen-bond donors (Lipinski definition) is 0. The Kier molecular flexibility index (Phi) is 7.27. The molecule has 0 aliphatic heterocycles. The van der Waals surface area contributed by atoms with Gasteiger partial charge < -0.3 is 9.47 Å². The van der Waals surface area contributed by atoms with Crippen LogP contribution in [0.1, 0.15) is 35.7 Å². The van der Waals surface area contributed by atoms with E-state index in [-0.39, 0.29) is 11.5 Å². The third-order valence-corrected chi connectivity index (χ3v) is 6.32. The van der Waals surface area contributed by atoms with E-state index in [9.17, 15) is 4.79 Å². The number of hydrogen-bond acceptors (Lipinski definition) is 7. The van der Waals surface area contributed by atoms with Gasteiger partial charge in [-0.3, -0.25) is 14.3 Å². The van der Waals surface area contributed by atoms with Gasteiger partial charge >= 0.3 is 0 Å². The van der Waals surface area contributed by atoms with Gasteiger partial charge in [-0.15, -0.1) is 10.2 Å². The fourth-order valence-electron chi connectivity index (χ4n) is 3.68. The highest BCUT2D eigenvalue weighted by molar-refractivity contribution is 7.99. The zero-order valence-electron chi connectivity index (χ0n) is 19.6. The lowest BCUT2D eigenvalue weighted by Gasteiger charge is -2.17. The molecule has 0 radical (unpaired) electrons. The molecule has 0 spiro atoms. The van der Waals surface area contributed by atoms with Crippen LogP contribution in [0.15, 0.2) is 72.1 Å². The maximum absolute atomic E-state index is 13.1. The zero-order chi connectivity index (χ0) is 24.1. The van der Waals surface area contributed by atoms with Crippen LogP contribution in [0.5, 0.6) is 11.5 Å². The molecule has 2 aromatic heterocycles. The second-order valence-electron chi connectivity index (χ2n) is 7.87. The van der Waals surface area contributed by atoms with Crippen LogP contribution in [0.3, 0.4) is 0 Å². The van der Waals surface area contributed by atoms with Gasteiger partial charge in [-0.1, -0.05) is 43.8 Å². The van der Waals surface area contributed by atoms with E-state index >= 15 is 0 Å². The third-order valence-electron chi connectivity index (χ3n) is 5.39. The van der Waals surface area contributed by atoms with Gasteiger partial charge in [-0.25, -0.2) is 0 Å². The largest absolute Gasteiger partial charge is 0.497 e. The number of Topliss-reactive ketones (excluding diaryl/α,β-unsaturated/α-hetero) is 1. The van der Waals surface area contributed by atoms with Crippen molar-refractivity contribution in [1.82, 2.24) is 19.7 Å². The molecule has 0 atom stereocenters. The molecule has 0 aliphatic carbocycles. The lowest BCUT2D eigenvalue weighted by molar-refractivity contribution is 0.101. The van der Waals surface area contributed by atoms with Crippen LogP contribution in [-0.4, -0.2) is 45.5 Å². The number of methoxy groups -OCH3 is 2. The van der Waals surface area contributed by atoms with Crippen molar-refractivity contribution in [1.29, 1.82) is 0 Å². The first kappa shape index (κ1) is 23.5. The van der Waals surface area contributed by atoms with Crippen LogP contribution in [0.2, 0.25) is 0 Å². The van der Waals surface area contributed by atoms with Crippen LogP contribution in [0.25, 0.3) is 17.1 Å². The summed E-state index contributed by atoms with van der Waals surface area (Å²) in [7, 11) is 3.12. The highest BCUT2D eigenvalue weighted by atomic mass is 32.2. The van der Waals surface area contributed by atoms with Crippen molar-refractivity contribution in [3.8, 4) is 28.6 Å². The summed E-state index contributed by atoms with van der Waals surface area (Å²) in [6.45, 7) is 4.30. The van der Waals surface area contributed by atoms with Gasteiger partial charge in [0.25, 0.3) is 0 Å². The summed E-state index contributed by atoms with van der Waals surface area (Å²) in [5.74, 6) is 2.15. The summed E-state index contributed by atoms with van der Waals surface area (Å²) in [5.41, 5.74) is 3.46. The first-order valence-electron chi connectivity index (χ1n) is 10.9. The summed E-state index contributed by atoms with van der Waals surface area (Å²) in [4.78, 5) is 17.4. The Hall–Kier alpha value is -3.65. The van der Waals surface area contributed by atoms with E-state index in [1.807, 2.05) is 28.8 Å². The molecule has 7 nitrogen and oxygen atoms in total. The van der Waals surface area contributed by atoms with Gasteiger partial charge in [0.2, 0.25) is 0 Å². The maximum atomic E-state index is 13.1. The molecule has 0 saturated heterocycles. The molecule has 4 rings (SSSR count). The number of ketones is 1. The molecule has 8 heteroatoms. The molecule has 0 fully saturated rings. The quantitative estimate of drug-likeness (QED) is 0.236. The van der Waals surface area contributed by atoms with Gasteiger partial charge in [-0.05, 0) is 47.9 Å². The molecule has 4 aromatic rings. The average molecular weight is 475 g/mol. The monoisotopic (exact) mass is 474 g/mol. The number of carbonyl (C=O) groups is 1. The molecule has 2 heterocycles.